The fraction of sp³-hybridized carbons (Fsp3) is 0.133. The largest absolute Gasteiger partial charge is 0.458 e. The molecule has 0 radical (unpaired) electrons. The van der Waals surface area contributed by atoms with E-state index in [1.54, 1.807) is 12.1 Å². The lowest BCUT2D eigenvalue weighted by atomic mass is 10.2. The first-order valence-corrected chi connectivity index (χ1v) is 6.94. The maximum absolute atomic E-state index is 11.9. The number of aryl methyl sites for hydroxylation is 1. The van der Waals surface area contributed by atoms with E-state index >= 15 is 0 Å². The number of hydrogen-bond donors (Lipinski definition) is 1. The molecule has 98 valence electrons. The van der Waals surface area contributed by atoms with Crippen LogP contribution in [0.4, 0.5) is 5.69 Å². The minimum atomic E-state index is -0.136. The third-order valence-electron chi connectivity index (χ3n) is 2.52. The summed E-state index contributed by atoms with van der Waals surface area (Å²) in [5.74, 6) is 0.963. The molecule has 19 heavy (non-hydrogen) atoms. The number of halogens is 1. The zero-order chi connectivity index (χ0) is 13.8. The molecule has 1 N–H and O–H groups in total. The van der Waals surface area contributed by atoms with Crippen molar-refractivity contribution < 1.29 is 9.21 Å². The first kappa shape index (κ1) is 13.9. The Labute approximate surface area is 125 Å². The van der Waals surface area contributed by atoms with Gasteiger partial charge in [0.05, 0.1) is 0 Å². The van der Waals surface area contributed by atoms with Crippen molar-refractivity contribution in [2.75, 3.05) is 5.32 Å². The molecule has 0 atom stereocenters. The molecule has 0 unspecified atom stereocenters. The van der Waals surface area contributed by atoms with Crippen LogP contribution in [0, 0.1) is 10.5 Å². The Bertz CT molecular complexity index is 611. The van der Waals surface area contributed by atoms with Gasteiger partial charge in [0.2, 0.25) is 5.78 Å². The second kappa shape index (κ2) is 6.06. The van der Waals surface area contributed by atoms with Crippen LogP contribution in [-0.2, 0) is 0 Å². The van der Waals surface area contributed by atoms with Crippen molar-refractivity contribution in [3.8, 4) is 0 Å². The molecule has 0 aliphatic rings. The van der Waals surface area contributed by atoms with Crippen LogP contribution < -0.4 is 5.32 Å². The van der Waals surface area contributed by atoms with E-state index in [0.717, 1.165) is 17.1 Å². The fourth-order valence-electron chi connectivity index (χ4n) is 1.63. The van der Waals surface area contributed by atoms with E-state index in [0.29, 0.717) is 5.76 Å². The fourth-order valence-corrected chi connectivity index (χ4v) is 1.99. The molecule has 0 spiro atoms. The van der Waals surface area contributed by atoms with Gasteiger partial charge in [-0.2, -0.15) is 0 Å². The van der Waals surface area contributed by atoms with Crippen LogP contribution >= 0.6 is 22.6 Å². The molecule has 1 heterocycles. The maximum atomic E-state index is 11.9. The molecule has 0 saturated heterocycles. The molecule has 0 aliphatic heterocycles. The van der Waals surface area contributed by atoms with Gasteiger partial charge in [0.25, 0.3) is 0 Å². The van der Waals surface area contributed by atoms with Crippen molar-refractivity contribution in [2.45, 2.75) is 13.8 Å². The molecule has 2 rings (SSSR count). The summed E-state index contributed by atoms with van der Waals surface area (Å²) in [4.78, 5) is 11.9. The van der Waals surface area contributed by atoms with E-state index in [4.69, 9.17) is 4.42 Å². The van der Waals surface area contributed by atoms with Crippen molar-refractivity contribution in [1.82, 2.24) is 0 Å². The van der Waals surface area contributed by atoms with Crippen LogP contribution in [0.3, 0.4) is 0 Å². The molecule has 2 aromatic rings. The van der Waals surface area contributed by atoms with Gasteiger partial charge < -0.3 is 9.73 Å². The van der Waals surface area contributed by atoms with E-state index in [2.05, 4.69) is 27.9 Å². The topological polar surface area (TPSA) is 42.2 Å². The van der Waals surface area contributed by atoms with Crippen LogP contribution in [-0.4, -0.2) is 5.78 Å². The Morgan fingerprint density at radius 3 is 2.47 bits per heavy atom. The summed E-state index contributed by atoms with van der Waals surface area (Å²) in [7, 11) is 0. The first-order chi connectivity index (χ1) is 9.04. The number of allylic oxidation sites excluding steroid dienone is 2. The summed E-state index contributed by atoms with van der Waals surface area (Å²) in [6.07, 6.45) is 1.54. The average molecular weight is 367 g/mol. The Kier molecular flexibility index (Phi) is 4.42. The maximum Gasteiger partial charge on any atom is 0.222 e. The summed E-state index contributed by atoms with van der Waals surface area (Å²) < 4.78 is 6.46. The Morgan fingerprint density at radius 2 is 1.89 bits per heavy atom. The Balaban J connectivity index is 2.06. The van der Waals surface area contributed by atoms with Gasteiger partial charge in [0.1, 0.15) is 5.76 Å². The standard InChI is InChI=1S/C15H14INO2/c1-10(17-13-6-4-12(16)5-7-13)9-14(18)15-8-3-11(2)19-15/h3-9,17H,1-2H3. The number of nitrogens with one attached hydrogen (secondary N) is 1. The molecular formula is C15H14INO2. The van der Waals surface area contributed by atoms with Gasteiger partial charge in [0.15, 0.2) is 5.76 Å². The van der Waals surface area contributed by atoms with Crippen molar-refractivity contribution >= 4 is 34.1 Å². The van der Waals surface area contributed by atoms with E-state index < -0.39 is 0 Å². The van der Waals surface area contributed by atoms with Crippen LogP contribution in [0.5, 0.6) is 0 Å². The monoisotopic (exact) mass is 367 g/mol. The van der Waals surface area contributed by atoms with Gasteiger partial charge in [-0.1, -0.05) is 0 Å². The molecule has 0 saturated carbocycles. The highest BCUT2D eigenvalue weighted by atomic mass is 127. The zero-order valence-corrected chi connectivity index (χ0v) is 12.9. The predicted octanol–water partition coefficient (Wildman–Crippen LogP) is 4.39. The minimum absolute atomic E-state index is 0.136. The second-order valence-corrected chi connectivity index (χ2v) is 5.48. The highest BCUT2D eigenvalue weighted by Gasteiger charge is 2.07. The number of hydrogen-bond acceptors (Lipinski definition) is 3. The van der Waals surface area contributed by atoms with Gasteiger partial charge >= 0.3 is 0 Å². The molecule has 0 aliphatic carbocycles. The highest BCUT2D eigenvalue weighted by Crippen LogP contribution is 2.14. The molecule has 0 amide bonds. The van der Waals surface area contributed by atoms with Crippen LogP contribution in [0.1, 0.15) is 23.2 Å². The van der Waals surface area contributed by atoms with E-state index in [1.165, 1.54) is 9.65 Å². The van der Waals surface area contributed by atoms with Crippen LogP contribution in [0.25, 0.3) is 0 Å². The lowest BCUT2D eigenvalue weighted by molar-refractivity contribution is 0.102. The number of carbonyl (C=O) groups is 1. The number of benzene rings is 1. The van der Waals surface area contributed by atoms with Crippen LogP contribution in [0.2, 0.25) is 0 Å². The normalized spacial score (nSPS) is 11.4. The summed E-state index contributed by atoms with van der Waals surface area (Å²) in [5.41, 5.74) is 1.73. The number of furan rings is 1. The average Bonchev–Trinajstić information content (AvgIpc) is 2.79. The Morgan fingerprint density at radius 1 is 1.21 bits per heavy atom. The summed E-state index contributed by atoms with van der Waals surface area (Å²) in [6.45, 7) is 3.67. The zero-order valence-electron chi connectivity index (χ0n) is 10.7. The first-order valence-electron chi connectivity index (χ1n) is 5.86. The molecule has 1 aromatic carbocycles. The number of rotatable bonds is 4. The number of ketones is 1. The van der Waals surface area contributed by atoms with Crippen molar-refractivity contribution in [3.63, 3.8) is 0 Å². The molecule has 0 fully saturated rings. The summed E-state index contributed by atoms with van der Waals surface area (Å²) in [5, 5.41) is 3.17. The lowest BCUT2D eigenvalue weighted by Gasteiger charge is -2.06. The van der Waals surface area contributed by atoms with E-state index in [9.17, 15) is 4.79 Å². The third kappa shape index (κ3) is 3.96. The number of carbonyl (C=O) groups excluding carboxylic acids is 1. The van der Waals surface area contributed by atoms with Crippen LogP contribution in [0.15, 0.2) is 52.6 Å². The Hall–Kier alpha value is -1.56. The van der Waals surface area contributed by atoms with Crippen molar-refractivity contribution in [3.05, 3.63) is 63.3 Å². The lowest BCUT2D eigenvalue weighted by Crippen LogP contribution is -2.00. The minimum Gasteiger partial charge on any atom is -0.458 e. The van der Waals surface area contributed by atoms with Gasteiger partial charge in [0, 0.05) is 21.0 Å². The second-order valence-electron chi connectivity index (χ2n) is 4.23. The van der Waals surface area contributed by atoms with E-state index in [-0.39, 0.29) is 5.78 Å². The quantitative estimate of drug-likeness (QED) is 0.495. The predicted molar refractivity (Wildman–Crippen MR) is 84.3 cm³/mol. The van der Waals surface area contributed by atoms with Gasteiger partial charge in [-0.25, -0.2) is 0 Å². The molecule has 3 nitrogen and oxygen atoms in total. The van der Waals surface area contributed by atoms with E-state index in [1.807, 2.05) is 38.1 Å². The SMILES string of the molecule is CC(=CC(=O)c1ccc(C)o1)Nc1ccc(I)cc1. The van der Waals surface area contributed by atoms with Gasteiger partial charge in [-0.3, -0.25) is 4.79 Å². The summed E-state index contributed by atoms with van der Waals surface area (Å²) >= 11 is 2.25. The van der Waals surface area contributed by atoms with Crippen molar-refractivity contribution in [2.24, 2.45) is 0 Å². The summed E-state index contributed by atoms with van der Waals surface area (Å²) in [6, 6.07) is 11.4. The van der Waals surface area contributed by atoms with Gasteiger partial charge in [-0.05, 0) is 72.8 Å². The number of anilines is 1. The smallest absolute Gasteiger partial charge is 0.222 e. The third-order valence-corrected chi connectivity index (χ3v) is 3.24. The van der Waals surface area contributed by atoms with Gasteiger partial charge in [-0.15, -0.1) is 0 Å². The molecular weight excluding hydrogens is 353 g/mol. The van der Waals surface area contributed by atoms with Crippen molar-refractivity contribution in [1.29, 1.82) is 0 Å². The molecule has 4 heteroatoms. The molecule has 1 aromatic heterocycles. The highest BCUT2D eigenvalue weighted by molar-refractivity contribution is 14.1. The molecule has 0 bridgehead atoms.